The van der Waals surface area contributed by atoms with E-state index in [1.807, 2.05) is 6.07 Å². The summed E-state index contributed by atoms with van der Waals surface area (Å²) in [5.41, 5.74) is 2.57. The van der Waals surface area contributed by atoms with Gasteiger partial charge in [0.05, 0.1) is 5.75 Å². The van der Waals surface area contributed by atoms with E-state index in [2.05, 4.69) is 55.5 Å². The summed E-state index contributed by atoms with van der Waals surface area (Å²) < 4.78 is 0. The van der Waals surface area contributed by atoms with Gasteiger partial charge in [-0.05, 0) is 37.0 Å². The van der Waals surface area contributed by atoms with Gasteiger partial charge in [0.25, 0.3) is 0 Å². The number of thioether (sulfide) groups is 1. The van der Waals surface area contributed by atoms with E-state index >= 15 is 0 Å². The predicted molar refractivity (Wildman–Crippen MR) is 84.2 cm³/mol. The molecule has 0 saturated heterocycles. The molecule has 0 amide bonds. The molecule has 0 radical (unpaired) electrons. The first-order chi connectivity index (χ1) is 9.74. The van der Waals surface area contributed by atoms with Gasteiger partial charge in [0.15, 0.2) is 0 Å². The first kappa shape index (κ1) is 13.4. The van der Waals surface area contributed by atoms with Gasteiger partial charge < -0.3 is 0 Å². The van der Waals surface area contributed by atoms with E-state index in [1.165, 1.54) is 16.0 Å². The van der Waals surface area contributed by atoms with Crippen LogP contribution >= 0.6 is 11.8 Å². The van der Waals surface area contributed by atoms with Crippen LogP contribution in [0.15, 0.2) is 59.5 Å². The van der Waals surface area contributed by atoms with Crippen molar-refractivity contribution in [3.05, 3.63) is 65.7 Å². The van der Waals surface area contributed by atoms with Crippen LogP contribution in [0.4, 0.5) is 0 Å². The van der Waals surface area contributed by atoms with E-state index in [0.717, 1.165) is 6.42 Å². The molecule has 2 heteroatoms. The third-order valence-corrected chi connectivity index (χ3v) is 4.87. The standard InChI is InChI=1S/C18H18OS/c1-13-7-9-15(10-8-13)20-12-18(19)17-11-16(17)14-5-3-2-4-6-14/h2-10,16-17H,11-12H2,1H3. The number of aryl methyl sites for hydroxylation is 1. The lowest BCUT2D eigenvalue weighted by molar-refractivity contribution is -0.117. The van der Waals surface area contributed by atoms with Gasteiger partial charge in [-0.2, -0.15) is 0 Å². The molecule has 2 unspecified atom stereocenters. The molecule has 3 rings (SSSR count). The quantitative estimate of drug-likeness (QED) is 0.753. The monoisotopic (exact) mass is 282 g/mol. The van der Waals surface area contributed by atoms with Crippen LogP contribution in [0.5, 0.6) is 0 Å². The zero-order chi connectivity index (χ0) is 13.9. The summed E-state index contributed by atoms with van der Waals surface area (Å²) >= 11 is 1.65. The van der Waals surface area contributed by atoms with Crippen LogP contribution in [0, 0.1) is 12.8 Å². The summed E-state index contributed by atoms with van der Waals surface area (Å²) in [6, 6.07) is 18.8. The molecule has 1 aliphatic carbocycles. The summed E-state index contributed by atoms with van der Waals surface area (Å²) in [5.74, 6) is 1.69. The first-order valence-corrected chi connectivity index (χ1v) is 8.00. The maximum atomic E-state index is 12.2. The average Bonchev–Trinajstić information content (AvgIpc) is 3.28. The number of carbonyl (C=O) groups is 1. The smallest absolute Gasteiger partial charge is 0.146 e. The Balaban J connectivity index is 1.53. The highest BCUT2D eigenvalue weighted by Gasteiger charge is 2.43. The second-order valence-corrected chi connectivity index (χ2v) is 6.48. The van der Waals surface area contributed by atoms with Crippen LogP contribution in [0.3, 0.4) is 0 Å². The topological polar surface area (TPSA) is 17.1 Å². The molecular weight excluding hydrogens is 264 g/mol. The Morgan fingerprint density at radius 2 is 1.80 bits per heavy atom. The van der Waals surface area contributed by atoms with Crippen LogP contribution in [-0.2, 0) is 4.79 Å². The molecule has 0 bridgehead atoms. The van der Waals surface area contributed by atoms with Crippen molar-refractivity contribution in [1.29, 1.82) is 0 Å². The average molecular weight is 282 g/mol. The maximum absolute atomic E-state index is 12.2. The number of hydrogen-bond acceptors (Lipinski definition) is 2. The largest absolute Gasteiger partial charge is 0.298 e. The Labute approximate surface area is 124 Å². The normalized spacial score (nSPS) is 20.6. The second-order valence-electron chi connectivity index (χ2n) is 5.43. The molecule has 0 N–H and O–H groups in total. The minimum atomic E-state index is 0.246. The van der Waals surface area contributed by atoms with Gasteiger partial charge in [-0.1, -0.05) is 48.0 Å². The van der Waals surface area contributed by atoms with Gasteiger partial charge >= 0.3 is 0 Å². The minimum Gasteiger partial charge on any atom is -0.298 e. The number of ketones is 1. The van der Waals surface area contributed by atoms with Crippen molar-refractivity contribution in [2.24, 2.45) is 5.92 Å². The van der Waals surface area contributed by atoms with Crippen LogP contribution in [0.2, 0.25) is 0 Å². The Bertz CT molecular complexity index is 589. The molecule has 2 aromatic carbocycles. The Kier molecular flexibility index (Phi) is 3.93. The number of carbonyl (C=O) groups excluding carboxylic acids is 1. The van der Waals surface area contributed by atoms with Crippen LogP contribution < -0.4 is 0 Å². The van der Waals surface area contributed by atoms with Crippen molar-refractivity contribution in [3.63, 3.8) is 0 Å². The summed E-state index contributed by atoms with van der Waals surface area (Å²) in [4.78, 5) is 13.4. The van der Waals surface area contributed by atoms with Crippen LogP contribution in [-0.4, -0.2) is 11.5 Å². The molecule has 0 spiro atoms. The lowest BCUT2D eigenvalue weighted by Gasteiger charge is -2.02. The molecule has 2 aromatic rings. The predicted octanol–water partition coefficient (Wildman–Crippen LogP) is 4.46. The van der Waals surface area contributed by atoms with Gasteiger partial charge in [0, 0.05) is 10.8 Å². The van der Waals surface area contributed by atoms with Crippen LogP contribution in [0.25, 0.3) is 0 Å². The maximum Gasteiger partial charge on any atom is 0.146 e. The third kappa shape index (κ3) is 3.13. The van der Waals surface area contributed by atoms with E-state index < -0.39 is 0 Å². The highest BCUT2D eigenvalue weighted by Crippen LogP contribution is 2.48. The summed E-state index contributed by atoms with van der Waals surface area (Å²) in [6.45, 7) is 2.08. The van der Waals surface area contributed by atoms with Gasteiger partial charge in [-0.15, -0.1) is 11.8 Å². The highest BCUT2D eigenvalue weighted by molar-refractivity contribution is 8.00. The number of Topliss-reactive ketones (excluding diaryl/α,β-unsaturated/α-hetero) is 1. The lowest BCUT2D eigenvalue weighted by Crippen LogP contribution is -2.05. The summed E-state index contributed by atoms with van der Waals surface area (Å²) in [7, 11) is 0. The minimum absolute atomic E-state index is 0.246. The highest BCUT2D eigenvalue weighted by atomic mass is 32.2. The second kappa shape index (κ2) is 5.84. The number of hydrogen-bond donors (Lipinski definition) is 0. The van der Waals surface area contributed by atoms with Gasteiger partial charge in [0.2, 0.25) is 0 Å². The molecule has 1 fully saturated rings. The molecule has 1 nitrogen and oxygen atoms in total. The van der Waals surface area contributed by atoms with E-state index in [-0.39, 0.29) is 5.92 Å². The Hall–Kier alpha value is -1.54. The molecule has 2 atom stereocenters. The van der Waals surface area contributed by atoms with Gasteiger partial charge in [-0.25, -0.2) is 0 Å². The number of rotatable bonds is 5. The first-order valence-electron chi connectivity index (χ1n) is 7.01. The fourth-order valence-electron chi connectivity index (χ4n) is 2.52. The Morgan fingerprint density at radius 3 is 2.50 bits per heavy atom. The van der Waals surface area contributed by atoms with E-state index in [0.29, 0.717) is 17.5 Å². The molecule has 0 heterocycles. The molecule has 20 heavy (non-hydrogen) atoms. The zero-order valence-corrected chi connectivity index (χ0v) is 12.4. The fourth-order valence-corrected chi connectivity index (χ4v) is 3.37. The molecular formula is C18H18OS. The van der Waals surface area contributed by atoms with E-state index in [4.69, 9.17) is 0 Å². The van der Waals surface area contributed by atoms with Crippen molar-refractivity contribution < 1.29 is 4.79 Å². The van der Waals surface area contributed by atoms with Gasteiger partial charge in [0.1, 0.15) is 5.78 Å². The molecule has 1 aliphatic rings. The molecule has 102 valence electrons. The molecule has 0 aromatic heterocycles. The van der Waals surface area contributed by atoms with E-state index in [1.54, 1.807) is 11.8 Å². The zero-order valence-electron chi connectivity index (χ0n) is 11.6. The summed E-state index contributed by atoms with van der Waals surface area (Å²) in [6.07, 6.45) is 1.03. The molecule has 1 saturated carbocycles. The SMILES string of the molecule is Cc1ccc(SCC(=O)C2CC2c2ccccc2)cc1. The van der Waals surface area contributed by atoms with Crippen LogP contribution in [0.1, 0.15) is 23.5 Å². The van der Waals surface area contributed by atoms with E-state index in [9.17, 15) is 4.79 Å². The third-order valence-electron chi connectivity index (χ3n) is 3.83. The van der Waals surface area contributed by atoms with Crippen molar-refractivity contribution in [1.82, 2.24) is 0 Å². The summed E-state index contributed by atoms with van der Waals surface area (Å²) in [5, 5.41) is 0. The van der Waals surface area contributed by atoms with Crippen molar-refractivity contribution in [2.45, 2.75) is 24.2 Å². The Morgan fingerprint density at radius 1 is 1.10 bits per heavy atom. The number of benzene rings is 2. The van der Waals surface area contributed by atoms with Crippen molar-refractivity contribution >= 4 is 17.5 Å². The van der Waals surface area contributed by atoms with Gasteiger partial charge in [-0.3, -0.25) is 4.79 Å². The van der Waals surface area contributed by atoms with Crippen molar-refractivity contribution in [3.8, 4) is 0 Å². The fraction of sp³-hybridized carbons (Fsp3) is 0.278. The van der Waals surface area contributed by atoms with Crippen molar-refractivity contribution in [2.75, 3.05) is 5.75 Å². The molecule has 0 aliphatic heterocycles. The lowest BCUT2D eigenvalue weighted by atomic mass is 10.1.